The molecule has 0 aromatic rings. The molecular weight excluding hydrogens is 244 g/mol. The molecule has 7 rings (SSSR count). The summed E-state index contributed by atoms with van der Waals surface area (Å²) in [6.45, 7) is 1.68. The van der Waals surface area contributed by atoms with E-state index in [2.05, 4.69) is 15.9 Å². The number of rotatable bonds is 0. The minimum absolute atomic E-state index is 0.0745. The first-order valence-corrected chi connectivity index (χ1v) is 6.58. The molecule has 0 radical (unpaired) electrons. The summed E-state index contributed by atoms with van der Waals surface area (Å²) in [4.78, 5) is 0. The minimum Gasteiger partial charge on any atom is -0.347 e. The number of hydrogen-bond donors (Lipinski definition) is 0. The van der Waals surface area contributed by atoms with Gasteiger partial charge in [0.15, 0.2) is 5.79 Å². The Labute approximate surface area is 90.4 Å². The van der Waals surface area contributed by atoms with Crippen molar-refractivity contribution >= 4 is 15.9 Å². The predicted octanol–water partition coefficient (Wildman–Crippen LogP) is 1.24. The van der Waals surface area contributed by atoms with Gasteiger partial charge in [-0.05, 0) is 29.6 Å². The van der Waals surface area contributed by atoms with Crippen LogP contribution in [-0.4, -0.2) is 23.3 Å². The lowest BCUT2D eigenvalue weighted by Gasteiger charge is -2.88. The van der Waals surface area contributed by atoms with Gasteiger partial charge in [-0.15, -0.1) is 0 Å². The summed E-state index contributed by atoms with van der Waals surface area (Å²) >= 11 is 3.99. The average Bonchev–Trinajstić information content (AvgIpc) is 2.71. The zero-order valence-corrected chi connectivity index (χ0v) is 9.24. The molecule has 1 heterocycles. The lowest BCUT2D eigenvalue weighted by atomic mass is 9.20. The van der Waals surface area contributed by atoms with E-state index < -0.39 is 0 Å². The van der Waals surface area contributed by atoms with Crippen molar-refractivity contribution in [3.63, 3.8) is 0 Å². The second kappa shape index (κ2) is 1.47. The molecule has 14 heavy (non-hydrogen) atoms. The lowest BCUT2D eigenvalue weighted by molar-refractivity contribution is -0.349. The largest absolute Gasteiger partial charge is 0.347 e. The third-order valence-electron chi connectivity index (χ3n) is 6.46. The molecule has 1 saturated heterocycles. The van der Waals surface area contributed by atoms with Crippen molar-refractivity contribution in [3.05, 3.63) is 0 Å². The van der Waals surface area contributed by atoms with E-state index >= 15 is 0 Å². The van der Waals surface area contributed by atoms with E-state index in [0.29, 0.717) is 4.32 Å². The van der Waals surface area contributed by atoms with Gasteiger partial charge in [-0.2, -0.15) is 0 Å². The van der Waals surface area contributed by atoms with Crippen LogP contribution in [0.4, 0.5) is 0 Å². The minimum atomic E-state index is -0.0745. The Morgan fingerprint density at radius 3 is 2.07 bits per heavy atom. The maximum Gasteiger partial charge on any atom is 0.175 e. The highest BCUT2D eigenvalue weighted by Crippen LogP contribution is 3.00. The van der Waals surface area contributed by atoms with E-state index in [1.807, 2.05) is 0 Å². The molecule has 74 valence electrons. The fraction of sp³-hybridized carbons (Fsp3) is 1.00. The van der Waals surface area contributed by atoms with Gasteiger partial charge in [-0.1, -0.05) is 15.9 Å². The van der Waals surface area contributed by atoms with E-state index in [-0.39, 0.29) is 5.79 Å². The zero-order valence-electron chi connectivity index (χ0n) is 7.65. The molecule has 7 aliphatic rings. The van der Waals surface area contributed by atoms with Gasteiger partial charge in [0.2, 0.25) is 0 Å². The van der Waals surface area contributed by atoms with E-state index in [9.17, 15) is 0 Å². The average molecular weight is 255 g/mol. The molecule has 6 aliphatic carbocycles. The van der Waals surface area contributed by atoms with Crippen LogP contribution < -0.4 is 0 Å². The Bertz CT molecular complexity index is 369. The van der Waals surface area contributed by atoms with Gasteiger partial charge in [-0.25, -0.2) is 0 Å². The van der Waals surface area contributed by atoms with Gasteiger partial charge in [0.25, 0.3) is 0 Å². The van der Waals surface area contributed by atoms with Crippen LogP contribution in [0, 0.1) is 41.4 Å². The first kappa shape index (κ1) is 6.87. The van der Waals surface area contributed by atoms with Crippen molar-refractivity contribution in [2.45, 2.75) is 10.1 Å². The van der Waals surface area contributed by atoms with Crippen LogP contribution in [0.25, 0.3) is 0 Å². The summed E-state index contributed by atoms with van der Waals surface area (Å²) in [5.41, 5.74) is 0. The van der Waals surface area contributed by atoms with Gasteiger partial charge in [-0.3, -0.25) is 0 Å². The first-order valence-electron chi connectivity index (χ1n) is 5.78. The molecule has 0 amide bonds. The topological polar surface area (TPSA) is 18.5 Å². The Morgan fingerprint density at radius 1 is 0.857 bits per heavy atom. The molecule has 1 spiro atoms. The highest BCUT2D eigenvalue weighted by atomic mass is 79.9. The van der Waals surface area contributed by atoms with Crippen LogP contribution in [0.15, 0.2) is 0 Å². The van der Waals surface area contributed by atoms with Crippen LogP contribution in [-0.2, 0) is 9.47 Å². The molecule has 2 nitrogen and oxygen atoms in total. The molecule has 6 saturated carbocycles. The maximum atomic E-state index is 6.01. The quantitative estimate of drug-likeness (QED) is 0.606. The Morgan fingerprint density at radius 2 is 1.50 bits per heavy atom. The zero-order chi connectivity index (χ0) is 8.87. The number of hydrogen-bond acceptors (Lipinski definition) is 2. The molecule has 4 unspecified atom stereocenters. The van der Waals surface area contributed by atoms with Crippen LogP contribution in [0.5, 0.6) is 0 Å². The SMILES string of the molecule is BrC12C3C4C5C3C1C(C42)C51OCCO1. The maximum absolute atomic E-state index is 6.01. The fourth-order valence-corrected chi connectivity index (χ4v) is 8.33. The summed E-state index contributed by atoms with van der Waals surface area (Å²) in [6, 6.07) is 0. The predicted molar refractivity (Wildman–Crippen MR) is 50.7 cm³/mol. The normalized spacial score (nSPS) is 81.6. The molecule has 4 atom stereocenters. The summed E-state index contributed by atoms with van der Waals surface area (Å²) in [6.07, 6.45) is 0. The van der Waals surface area contributed by atoms with Gasteiger partial charge in [0.05, 0.1) is 13.2 Å². The summed E-state index contributed by atoms with van der Waals surface area (Å²) in [7, 11) is 0. The Hall–Kier alpha value is 0.400. The lowest BCUT2D eigenvalue weighted by Crippen LogP contribution is -2.90. The van der Waals surface area contributed by atoms with Crippen molar-refractivity contribution in [1.29, 1.82) is 0 Å². The van der Waals surface area contributed by atoms with Crippen molar-refractivity contribution in [1.82, 2.24) is 0 Å². The molecule has 0 aromatic carbocycles. The van der Waals surface area contributed by atoms with E-state index in [1.165, 1.54) is 0 Å². The van der Waals surface area contributed by atoms with Gasteiger partial charge in [0.1, 0.15) is 0 Å². The summed E-state index contributed by atoms with van der Waals surface area (Å²) < 4.78 is 12.6. The van der Waals surface area contributed by atoms with Crippen LogP contribution in [0.3, 0.4) is 0 Å². The van der Waals surface area contributed by atoms with Crippen LogP contribution in [0.2, 0.25) is 0 Å². The number of halogens is 1. The summed E-state index contributed by atoms with van der Waals surface area (Å²) in [5, 5.41) is 0. The standard InChI is InChI=1S/C11H11BrO2/c12-10-5-3-6-4(5)8(10)9(7(3)10)11(6)13-1-2-14-11/h3-9H,1-2H2. The van der Waals surface area contributed by atoms with Crippen molar-refractivity contribution < 1.29 is 9.47 Å². The molecule has 1 aliphatic heterocycles. The van der Waals surface area contributed by atoms with E-state index in [4.69, 9.17) is 9.47 Å². The smallest absolute Gasteiger partial charge is 0.175 e. The number of alkyl halides is 1. The highest BCUT2D eigenvalue weighted by Gasteiger charge is 3.03. The molecule has 3 heteroatoms. The highest BCUT2D eigenvalue weighted by molar-refractivity contribution is 9.10. The van der Waals surface area contributed by atoms with E-state index in [1.54, 1.807) is 0 Å². The van der Waals surface area contributed by atoms with Gasteiger partial charge < -0.3 is 9.47 Å². The summed E-state index contributed by atoms with van der Waals surface area (Å²) in [5.74, 6) is 6.32. The van der Waals surface area contributed by atoms with E-state index in [0.717, 1.165) is 54.6 Å². The number of ether oxygens (including phenoxy) is 2. The molecule has 0 N–H and O–H groups in total. The first-order chi connectivity index (χ1) is 6.82. The van der Waals surface area contributed by atoms with Crippen molar-refractivity contribution in [3.8, 4) is 0 Å². The third kappa shape index (κ3) is 0.316. The third-order valence-corrected chi connectivity index (χ3v) is 8.05. The molecular formula is C11H11BrO2. The van der Waals surface area contributed by atoms with Crippen molar-refractivity contribution in [2.75, 3.05) is 13.2 Å². The molecule has 7 fully saturated rings. The Balaban J connectivity index is 1.62. The second-order valence-corrected chi connectivity index (χ2v) is 7.40. The van der Waals surface area contributed by atoms with Gasteiger partial charge in [0, 0.05) is 16.2 Å². The Kier molecular flexibility index (Phi) is 0.723. The van der Waals surface area contributed by atoms with Crippen LogP contribution in [0.1, 0.15) is 0 Å². The molecule has 0 aromatic heterocycles. The van der Waals surface area contributed by atoms with Gasteiger partial charge >= 0.3 is 0 Å². The second-order valence-electron chi connectivity index (χ2n) is 6.03. The fourth-order valence-electron chi connectivity index (χ4n) is 6.54. The van der Waals surface area contributed by atoms with Crippen LogP contribution >= 0.6 is 15.9 Å². The molecule has 2 bridgehead atoms. The van der Waals surface area contributed by atoms with Crippen molar-refractivity contribution in [2.24, 2.45) is 41.4 Å². The monoisotopic (exact) mass is 254 g/mol.